The number of hydrogen-bond donors (Lipinski definition) is 3. The molecule has 0 aliphatic heterocycles. The van der Waals surface area contributed by atoms with Gasteiger partial charge >= 0.3 is 5.69 Å². The van der Waals surface area contributed by atoms with Crippen LogP contribution in [0.3, 0.4) is 0 Å². The zero-order valence-corrected chi connectivity index (χ0v) is 12.7. The lowest BCUT2D eigenvalue weighted by Gasteiger charge is -2.09. The Hall–Kier alpha value is -3.48. The lowest BCUT2D eigenvalue weighted by Crippen LogP contribution is -2.08. The van der Waals surface area contributed by atoms with Crippen LogP contribution in [0.4, 0.5) is 5.82 Å². The Labute approximate surface area is 136 Å². The van der Waals surface area contributed by atoms with E-state index in [1.807, 2.05) is 36.7 Å². The van der Waals surface area contributed by atoms with Gasteiger partial charge in [0.05, 0.1) is 0 Å². The van der Waals surface area contributed by atoms with Gasteiger partial charge < -0.3 is 15.3 Å². The van der Waals surface area contributed by atoms with Crippen LogP contribution in [0.25, 0.3) is 22.2 Å². The maximum atomic E-state index is 11.2. The van der Waals surface area contributed by atoms with E-state index in [-0.39, 0.29) is 5.69 Å². The minimum Gasteiger partial charge on any atom is -0.366 e. The molecule has 4 aromatic rings. The minimum absolute atomic E-state index is 0.368. The SMILES string of the molecule is O=c1ncc(-c2cc(NCc3cccnc3)nc3[nH]ccc23)c[nH]1. The molecule has 4 rings (SSSR count). The largest absolute Gasteiger partial charge is 0.366 e. The monoisotopic (exact) mass is 318 g/mol. The van der Waals surface area contributed by atoms with Crippen molar-refractivity contribution >= 4 is 16.9 Å². The molecule has 0 radical (unpaired) electrons. The molecule has 3 N–H and O–H groups in total. The highest BCUT2D eigenvalue weighted by molar-refractivity contribution is 5.94. The maximum absolute atomic E-state index is 11.2. The number of nitrogens with zero attached hydrogens (tertiary/aromatic N) is 3. The summed E-state index contributed by atoms with van der Waals surface area (Å²) in [5.41, 5.74) is 3.24. The van der Waals surface area contributed by atoms with Crippen molar-refractivity contribution in [3.8, 4) is 11.1 Å². The summed E-state index contributed by atoms with van der Waals surface area (Å²) in [6, 6.07) is 7.80. The molecule has 0 bridgehead atoms. The van der Waals surface area contributed by atoms with Gasteiger partial charge in [-0.15, -0.1) is 0 Å². The summed E-state index contributed by atoms with van der Waals surface area (Å²) in [7, 11) is 0. The van der Waals surface area contributed by atoms with E-state index >= 15 is 0 Å². The molecule has 0 saturated carbocycles. The van der Waals surface area contributed by atoms with E-state index in [1.54, 1.807) is 18.6 Å². The summed E-state index contributed by atoms with van der Waals surface area (Å²) in [4.78, 5) is 29.4. The summed E-state index contributed by atoms with van der Waals surface area (Å²) in [6.45, 7) is 0.621. The zero-order chi connectivity index (χ0) is 16.4. The minimum atomic E-state index is -0.368. The number of rotatable bonds is 4. The smallest absolute Gasteiger partial charge is 0.344 e. The van der Waals surface area contributed by atoms with E-state index in [0.29, 0.717) is 6.54 Å². The van der Waals surface area contributed by atoms with Crippen molar-refractivity contribution in [2.45, 2.75) is 6.54 Å². The molecule has 0 aliphatic carbocycles. The molecule has 7 heteroatoms. The summed E-state index contributed by atoms with van der Waals surface area (Å²) in [5.74, 6) is 0.731. The average molecular weight is 318 g/mol. The van der Waals surface area contributed by atoms with Crippen LogP contribution in [-0.4, -0.2) is 24.9 Å². The molecule has 0 aromatic carbocycles. The number of anilines is 1. The van der Waals surface area contributed by atoms with Crippen LogP contribution in [0, 0.1) is 0 Å². The number of aromatic nitrogens is 5. The molecule has 0 atom stereocenters. The number of fused-ring (bicyclic) bond motifs is 1. The highest BCUT2D eigenvalue weighted by atomic mass is 16.1. The van der Waals surface area contributed by atoms with Crippen molar-refractivity contribution in [1.29, 1.82) is 0 Å². The Bertz CT molecular complexity index is 1020. The summed E-state index contributed by atoms with van der Waals surface area (Å²) in [6.07, 6.45) is 8.61. The molecule has 4 heterocycles. The van der Waals surface area contributed by atoms with Crippen LogP contribution >= 0.6 is 0 Å². The maximum Gasteiger partial charge on any atom is 0.344 e. The third-order valence-electron chi connectivity index (χ3n) is 3.71. The van der Waals surface area contributed by atoms with Crippen LogP contribution in [-0.2, 0) is 6.54 Å². The molecule has 118 valence electrons. The van der Waals surface area contributed by atoms with Crippen LogP contribution in [0.2, 0.25) is 0 Å². The molecule has 4 aromatic heterocycles. The summed E-state index contributed by atoms with van der Waals surface area (Å²) in [5, 5.41) is 4.27. The average Bonchev–Trinajstić information content (AvgIpc) is 3.09. The highest BCUT2D eigenvalue weighted by Gasteiger charge is 2.09. The molecule has 0 amide bonds. The predicted octanol–water partition coefficient (Wildman–Crippen LogP) is 2.32. The van der Waals surface area contributed by atoms with Gasteiger partial charge in [-0.25, -0.2) is 14.8 Å². The fourth-order valence-corrected chi connectivity index (χ4v) is 2.55. The first-order valence-electron chi connectivity index (χ1n) is 7.45. The molecule has 24 heavy (non-hydrogen) atoms. The fourth-order valence-electron chi connectivity index (χ4n) is 2.55. The van der Waals surface area contributed by atoms with E-state index in [4.69, 9.17) is 0 Å². The Kier molecular flexibility index (Phi) is 3.51. The van der Waals surface area contributed by atoms with E-state index < -0.39 is 0 Å². The van der Waals surface area contributed by atoms with Crippen LogP contribution < -0.4 is 11.0 Å². The van der Waals surface area contributed by atoms with Crippen LogP contribution in [0.5, 0.6) is 0 Å². The van der Waals surface area contributed by atoms with Gasteiger partial charge in [0, 0.05) is 48.5 Å². The predicted molar refractivity (Wildman–Crippen MR) is 91.5 cm³/mol. The van der Waals surface area contributed by atoms with Crippen molar-refractivity contribution in [2.24, 2.45) is 0 Å². The molecule has 0 saturated heterocycles. The van der Waals surface area contributed by atoms with Gasteiger partial charge in [0.2, 0.25) is 0 Å². The number of hydrogen-bond acceptors (Lipinski definition) is 5. The van der Waals surface area contributed by atoms with Crippen molar-refractivity contribution in [2.75, 3.05) is 5.32 Å². The first-order chi connectivity index (χ1) is 11.8. The second-order valence-electron chi connectivity index (χ2n) is 5.32. The lowest BCUT2D eigenvalue weighted by molar-refractivity contribution is 1.08. The third kappa shape index (κ3) is 2.74. The standard InChI is InChI=1S/C17H14N6O/c24-17-21-9-12(10-22-17)14-6-15(23-16-13(14)3-5-19-16)20-8-11-2-1-4-18-7-11/h1-7,9-10H,8H2,(H2,19,20,23)(H,21,22,24). The van der Waals surface area contributed by atoms with Gasteiger partial charge in [0.25, 0.3) is 0 Å². The Morgan fingerprint density at radius 1 is 1.17 bits per heavy atom. The zero-order valence-electron chi connectivity index (χ0n) is 12.7. The summed E-state index contributed by atoms with van der Waals surface area (Å²) < 4.78 is 0. The number of H-pyrrole nitrogens is 2. The van der Waals surface area contributed by atoms with E-state index in [9.17, 15) is 4.79 Å². The second-order valence-corrected chi connectivity index (χ2v) is 5.32. The normalized spacial score (nSPS) is 10.8. The van der Waals surface area contributed by atoms with Gasteiger partial charge in [0.15, 0.2) is 0 Å². The quantitative estimate of drug-likeness (QED) is 0.536. The Morgan fingerprint density at radius 3 is 2.92 bits per heavy atom. The fraction of sp³-hybridized carbons (Fsp3) is 0.0588. The lowest BCUT2D eigenvalue weighted by atomic mass is 10.1. The molecule has 0 fully saturated rings. The number of pyridine rings is 2. The van der Waals surface area contributed by atoms with E-state index in [2.05, 4.69) is 30.2 Å². The first-order valence-corrected chi connectivity index (χ1v) is 7.45. The third-order valence-corrected chi connectivity index (χ3v) is 3.71. The molecular weight excluding hydrogens is 304 g/mol. The topological polar surface area (TPSA) is 99.3 Å². The van der Waals surface area contributed by atoms with Gasteiger partial charge in [-0.2, -0.15) is 0 Å². The van der Waals surface area contributed by atoms with E-state index in [1.165, 1.54) is 0 Å². The number of aromatic amines is 2. The molecule has 0 aliphatic rings. The van der Waals surface area contributed by atoms with Gasteiger partial charge in [-0.1, -0.05) is 6.07 Å². The summed E-state index contributed by atoms with van der Waals surface area (Å²) >= 11 is 0. The van der Waals surface area contributed by atoms with Crippen molar-refractivity contribution in [1.82, 2.24) is 24.9 Å². The molecular formula is C17H14N6O. The first kappa shape index (κ1) is 14.1. The van der Waals surface area contributed by atoms with E-state index in [0.717, 1.165) is 33.5 Å². The van der Waals surface area contributed by atoms with Crippen molar-refractivity contribution in [3.05, 3.63) is 71.3 Å². The highest BCUT2D eigenvalue weighted by Crippen LogP contribution is 2.28. The molecule has 7 nitrogen and oxygen atoms in total. The second kappa shape index (κ2) is 5.96. The Morgan fingerprint density at radius 2 is 2.12 bits per heavy atom. The van der Waals surface area contributed by atoms with Crippen LogP contribution in [0.1, 0.15) is 5.56 Å². The molecule has 0 spiro atoms. The van der Waals surface area contributed by atoms with Crippen LogP contribution in [0.15, 0.2) is 60.0 Å². The molecule has 0 unspecified atom stereocenters. The van der Waals surface area contributed by atoms with Gasteiger partial charge in [0.1, 0.15) is 11.5 Å². The van der Waals surface area contributed by atoms with Crippen molar-refractivity contribution in [3.63, 3.8) is 0 Å². The van der Waals surface area contributed by atoms with Gasteiger partial charge in [-0.05, 0) is 29.3 Å². The van der Waals surface area contributed by atoms with Crippen molar-refractivity contribution < 1.29 is 0 Å². The number of nitrogens with one attached hydrogen (secondary N) is 3. The Balaban J connectivity index is 1.72. The van der Waals surface area contributed by atoms with Gasteiger partial charge in [-0.3, -0.25) is 4.98 Å².